The van der Waals surface area contributed by atoms with E-state index in [9.17, 15) is 10.2 Å². The van der Waals surface area contributed by atoms with E-state index in [4.69, 9.17) is 28.4 Å². The second-order valence-electron chi connectivity index (χ2n) is 7.23. The molecular formula is C20H28O8S8. The van der Waals surface area contributed by atoms with Crippen LogP contribution in [0, 0.1) is 0 Å². The Balaban J connectivity index is 1.27. The van der Waals surface area contributed by atoms with Crippen LogP contribution in [0.25, 0.3) is 0 Å². The predicted molar refractivity (Wildman–Crippen MR) is 159 cm³/mol. The van der Waals surface area contributed by atoms with E-state index < -0.39 is 11.5 Å². The molecule has 4 aliphatic rings. The highest BCUT2D eigenvalue weighted by molar-refractivity contribution is 8.45. The number of rotatable bonds is 12. The summed E-state index contributed by atoms with van der Waals surface area (Å²) in [7, 11) is 3.26. The number of hydrogen-bond acceptors (Lipinski definition) is 16. The van der Waals surface area contributed by atoms with Crippen LogP contribution in [-0.4, -0.2) is 99.0 Å². The van der Waals surface area contributed by atoms with Gasteiger partial charge in [-0.3, -0.25) is 0 Å². The van der Waals surface area contributed by atoms with Gasteiger partial charge in [-0.1, -0.05) is 70.6 Å². The number of aliphatic hydroxyl groups excluding tert-OH is 2. The van der Waals surface area contributed by atoms with Gasteiger partial charge in [0.2, 0.25) is 0 Å². The lowest BCUT2D eigenvalue weighted by molar-refractivity contribution is -0.117. The summed E-state index contributed by atoms with van der Waals surface area (Å²) in [5.41, 5.74) is -1.03. The van der Waals surface area contributed by atoms with Crippen LogP contribution in [-0.2, 0) is 28.4 Å². The van der Waals surface area contributed by atoms with E-state index in [0.29, 0.717) is 37.9 Å². The molecule has 0 unspecified atom stereocenters. The minimum absolute atomic E-state index is 0.125. The zero-order chi connectivity index (χ0) is 25.3. The monoisotopic (exact) mass is 652 g/mol. The Morgan fingerprint density at radius 1 is 0.667 bits per heavy atom. The summed E-state index contributed by atoms with van der Waals surface area (Å²) in [5.74, 6) is 1.25. The molecule has 4 rings (SSSR count). The third-order valence-corrected chi connectivity index (χ3v) is 16.7. The topological polar surface area (TPSA) is 95.8 Å². The van der Waals surface area contributed by atoms with E-state index in [0.717, 1.165) is 8.47 Å². The lowest BCUT2D eigenvalue weighted by atomic mass is 10.2. The molecule has 0 saturated heterocycles. The first-order valence-corrected chi connectivity index (χ1v) is 17.8. The lowest BCUT2D eigenvalue weighted by Gasteiger charge is -2.26. The van der Waals surface area contributed by atoms with Gasteiger partial charge in [0.05, 0.1) is 64.1 Å². The highest BCUT2D eigenvalue weighted by Gasteiger charge is 2.39. The average molecular weight is 653 g/mol. The molecule has 204 valence electrons. The van der Waals surface area contributed by atoms with Crippen molar-refractivity contribution >= 4 is 94.1 Å². The van der Waals surface area contributed by atoms with Crippen molar-refractivity contribution < 1.29 is 38.6 Å². The van der Waals surface area contributed by atoms with E-state index >= 15 is 0 Å². The van der Waals surface area contributed by atoms with Gasteiger partial charge in [0.15, 0.2) is 0 Å². The molecule has 4 heterocycles. The number of methoxy groups -OCH3 is 2. The Bertz CT molecular complexity index is 841. The molecular weight excluding hydrogens is 625 g/mol. The van der Waals surface area contributed by atoms with Crippen LogP contribution in [0.2, 0.25) is 0 Å². The summed E-state index contributed by atoms with van der Waals surface area (Å²) in [6.07, 6.45) is -0.839. The number of ether oxygens (including phenoxy) is 6. The fraction of sp³-hybridized carbons (Fsp3) is 0.700. The van der Waals surface area contributed by atoms with Crippen LogP contribution in [0.15, 0.2) is 25.4 Å². The predicted octanol–water partition coefficient (Wildman–Crippen LogP) is 4.93. The average Bonchev–Trinajstić information content (AvgIpc) is 3.46. The van der Waals surface area contributed by atoms with E-state index in [1.54, 1.807) is 96.6 Å². The van der Waals surface area contributed by atoms with E-state index in [1.165, 1.54) is 28.7 Å². The molecule has 0 aromatic heterocycles. The number of thioether (sulfide) groups is 8. The zero-order valence-corrected chi connectivity index (χ0v) is 26.1. The maximum atomic E-state index is 10.6. The van der Waals surface area contributed by atoms with Crippen molar-refractivity contribution in [2.24, 2.45) is 0 Å². The van der Waals surface area contributed by atoms with Gasteiger partial charge in [-0.2, -0.15) is 0 Å². The molecule has 0 amide bonds. The first-order chi connectivity index (χ1) is 17.6. The van der Waals surface area contributed by atoms with Gasteiger partial charge in [0, 0.05) is 25.7 Å². The molecule has 0 saturated carbocycles. The van der Waals surface area contributed by atoms with Crippen molar-refractivity contribution in [2.45, 2.75) is 23.1 Å². The van der Waals surface area contributed by atoms with Crippen molar-refractivity contribution in [3.63, 3.8) is 0 Å². The van der Waals surface area contributed by atoms with E-state index in [2.05, 4.69) is 0 Å². The second-order valence-corrected chi connectivity index (χ2v) is 17.2. The summed E-state index contributed by atoms with van der Waals surface area (Å²) < 4.78 is 39.5. The number of hydrogen-bond donors (Lipinski definition) is 2. The molecule has 36 heavy (non-hydrogen) atoms. The highest BCUT2D eigenvalue weighted by Crippen LogP contribution is 2.68. The first-order valence-electron chi connectivity index (χ1n) is 10.8. The summed E-state index contributed by atoms with van der Waals surface area (Å²) in [4.78, 5) is 0. The van der Waals surface area contributed by atoms with Gasteiger partial charge in [0.1, 0.15) is 24.5 Å². The Morgan fingerprint density at radius 2 is 1.22 bits per heavy atom. The maximum absolute atomic E-state index is 10.6. The van der Waals surface area contributed by atoms with E-state index in [-0.39, 0.29) is 25.1 Å². The molecule has 2 N–H and O–H groups in total. The first kappa shape index (κ1) is 30.7. The van der Waals surface area contributed by atoms with Crippen molar-refractivity contribution in [1.29, 1.82) is 0 Å². The largest absolute Gasteiger partial charge is 0.390 e. The van der Waals surface area contributed by atoms with Gasteiger partial charge in [-0.15, -0.1) is 23.5 Å². The summed E-state index contributed by atoms with van der Waals surface area (Å²) in [5, 5.41) is 21.2. The fourth-order valence-corrected chi connectivity index (χ4v) is 15.1. The van der Waals surface area contributed by atoms with Gasteiger partial charge in [-0.05, 0) is 0 Å². The normalized spacial score (nSPS) is 31.0. The smallest absolute Gasteiger partial charge is 0.148 e. The molecule has 4 aliphatic heterocycles. The molecule has 0 aromatic carbocycles. The van der Waals surface area contributed by atoms with Gasteiger partial charge < -0.3 is 38.6 Å². The highest BCUT2D eigenvalue weighted by atomic mass is 32.3. The van der Waals surface area contributed by atoms with Crippen molar-refractivity contribution in [3.05, 3.63) is 25.4 Å². The SMILES string of the molecule is COCCOCO[C@H]1CSC2=C(SC[C@@H]1O)S/C(=C1\SC3=C(S1)S[C@H](OCOCCOC)[C@@H](O)S3)S2. The van der Waals surface area contributed by atoms with Gasteiger partial charge >= 0.3 is 0 Å². The maximum Gasteiger partial charge on any atom is 0.148 e. The second kappa shape index (κ2) is 16.2. The lowest BCUT2D eigenvalue weighted by Crippen LogP contribution is -2.34. The van der Waals surface area contributed by atoms with Crippen molar-refractivity contribution in [3.8, 4) is 0 Å². The summed E-state index contributed by atoms with van der Waals surface area (Å²) in [6.45, 7) is 2.23. The van der Waals surface area contributed by atoms with E-state index in [1.807, 2.05) is 0 Å². The van der Waals surface area contributed by atoms with Crippen molar-refractivity contribution in [1.82, 2.24) is 0 Å². The molecule has 0 fully saturated rings. The molecule has 0 radical (unpaired) electrons. The van der Waals surface area contributed by atoms with Crippen LogP contribution in [0.4, 0.5) is 0 Å². The van der Waals surface area contributed by atoms with Gasteiger partial charge in [-0.25, -0.2) is 0 Å². The molecule has 16 heteroatoms. The summed E-state index contributed by atoms with van der Waals surface area (Å²) >= 11 is 13.4. The molecule has 0 bridgehead atoms. The van der Waals surface area contributed by atoms with Crippen LogP contribution >= 0.6 is 94.1 Å². The minimum Gasteiger partial charge on any atom is -0.390 e. The van der Waals surface area contributed by atoms with Crippen LogP contribution in [0.3, 0.4) is 0 Å². The Kier molecular flexibility index (Phi) is 13.8. The standard InChI is InChI=1S/C20H28O8S8/c1-23-3-5-25-9-27-12-8-30-16-15(29-7-11(12)21)33-19(34-16)20-35-17-18(36-20)32-14(13(22)31-17)28-10-26-6-4-24-2/h11-14,21-22H,3-10H2,1-2H3/b20-19-/t11-,12-,13-,14-/m0/s1. The van der Waals surface area contributed by atoms with Gasteiger partial charge in [0.25, 0.3) is 0 Å². The molecule has 8 nitrogen and oxygen atoms in total. The Hall–Kier alpha value is 1.70. The minimum atomic E-state index is -0.650. The molecule has 4 atom stereocenters. The fourth-order valence-electron chi connectivity index (χ4n) is 2.83. The third-order valence-electron chi connectivity index (χ3n) is 4.66. The quantitative estimate of drug-likeness (QED) is 0.220. The third kappa shape index (κ3) is 8.85. The van der Waals surface area contributed by atoms with Crippen LogP contribution in [0.1, 0.15) is 0 Å². The zero-order valence-electron chi connectivity index (χ0n) is 19.6. The van der Waals surface area contributed by atoms with Crippen molar-refractivity contribution in [2.75, 3.05) is 65.7 Å². The van der Waals surface area contributed by atoms with Crippen LogP contribution in [0.5, 0.6) is 0 Å². The molecule has 0 aromatic rings. The Morgan fingerprint density at radius 3 is 1.86 bits per heavy atom. The Labute approximate surface area is 245 Å². The number of aliphatic hydroxyl groups is 2. The molecule has 0 aliphatic carbocycles. The van der Waals surface area contributed by atoms with Crippen LogP contribution < -0.4 is 0 Å². The summed E-state index contributed by atoms with van der Waals surface area (Å²) in [6, 6.07) is 0. The molecule has 0 spiro atoms.